The predicted molar refractivity (Wildman–Crippen MR) is 133 cm³/mol. The maximum absolute atomic E-state index is 13.5. The van der Waals surface area contributed by atoms with Crippen molar-refractivity contribution in [2.75, 3.05) is 20.2 Å². The average Bonchev–Trinajstić information content (AvgIpc) is 3.36. The summed E-state index contributed by atoms with van der Waals surface area (Å²) in [6, 6.07) is 21.2. The van der Waals surface area contributed by atoms with E-state index < -0.39 is 0 Å². The number of benzene rings is 2. The van der Waals surface area contributed by atoms with Crippen molar-refractivity contribution < 1.29 is 14.3 Å². The van der Waals surface area contributed by atoms with Gasteiger partial charge < -0.3 is 14.5 Å². The number of hydrogen-bond acceptors (Lipinski definition) is 4. The largest absolute Gasteiger partial charge is 0.496 e. The zero-order valence-electron chi connectivity index (χ0n) is 19.6. The van der Waals surface area contributed by atoms with Gasteiger partial charge in [-0.05, 0) is 35.1 Å². The Kier molecular flexibility index (Phi) is 9.07. The molecule has 1 aromatic heterocycles. The van der Waals surface area contributed by atoms with Crippen molar-refractivity contribution in [3.8, 4) is 5.75 Å². The number of carbonyl (C=O) groups is 2. The van der Waals surface area contributed by atoms with Gasteiger partial charge in [-0.15, -0.1) is 11.3 Å². The van der Waals surface area contributed by atoms with Gasteiger partial charge in [0, 0.05) is 18.0 Å². The molecular weight excluding hydrogens is 432 g/mol. The second-order valence-electron chi connectivity index (χ2n) is 8.21. The van der Waals surface area contributed by atoms with E-state index in [1.807, 2.05) is 64.9 Å². The summed E-state index contributed by atoms with van der Waals surface area (Å²) in [7, 11) is 1.55. The molecule has 174 valence electrons. The Morgan fingerprint density at radius 3 is 2.33 bits per heavy atom. The van der Waals surface area contributed by atoms with Crippen LogP contribution in [0.4, 0.5) is 0 Å². The molecule has 0 aliphatic rings. The molecule has 0 aliphatic heterocycles. The number of amides is 2. The third-order valence-corrected chi connectivity index (χ3v) is 6.54. The Balaban J connectivity index is 1.84. The van der Waals surface area contributed by atoms with Gasteiger partial charge in [0.2, 0.25) is 5.91 Å². The van der Waals surface area contributed by atoms with Crippen LogP contribution in [-0.4, -0.2) is 41.8 Å². The number of thiophene rings is 1. The summed E-state index contributed by atoms with van der Waals surface area (Å²) >= 11 is 1.63. The maximum atomic E-state index is 13.5. The first-order valence-electron chi connectivity index (χ1n) is 11.3. The lowest BCUT2D eigenvalue weighted by molar-refractivity contribution is -0.133. The first-order valence-corrected chi connectivity index (χ1v) is 12.2. The molecule has 1 unspecified atom stereocenters. The second kappa shape index (κ2) is 12.2. The number of methoxy groups -OCH3 is 1. The lowest BCUT2D eigenvalue weighted by Gasteiger charge is -2.29. The summed E-state index contributed by atoms with van der Waals surface area (Å²) in [5, 5.41) is 2.01. The van der Waals surface area contributed by atoms with Crippen molar-refractivity contribution in [2.45, 2.75) is 33.4 Å². The summed E-state index contributed by atoms with van der Waals surface area (Å²) in [6.07, 6.45) is 0.923. The third kappa shape index (κ3) is 6.93. The van der Waals surface area contributed by atoms with Crippen LogP contribution in [0.5, 0.6) is 5.75 Å². The zero-order chi connectivity index (χ0) is 23.6. The summed E-state index contributed by atoms with van der Waals surface area (Å²) in [4.78, 5) is 31.7. The molecule has 3 aromatic rings. The monoisotopic (exact) mass is 464 g/mol. The second-order valence-corrected chi connectivity index (χ2v) is 9.25. The Morgan fingerprint density at radius 1 is 0.939 bits per heavy atom. The van der Waals surface area contributed by atoms with Crippen LogP contribution >= 0.6 is 11.3 Å². The highest BCUT2D eigenvalue weighted by atomic mass is 32.1. The molecular formula is C27H32N2O3S. The van der Waals surface area contributed by atoms with Crippen molar-refractivity contribution in [1.29, 1.82) is 0 Å². The SMILES string of the molecule is CCC(C)CN(CC(=O)N(Cc1ccccc1)Cc1cccs1)C(=O)c1ccccc1OC. The molecule has 2 amide bonds. The van der Waals surface area contributed by atoms with Gasteiger partial charge in [-0.1, -0.05) is 68.8 Å². The van der Waals surface area contributed by atoms with E-state index >= 15 is 0 Å². The molecule has 2 aromatic carbocycles. The zero-order valence-corrected chi connectivity index (χ0v) is 20.4. The molecule has 1 heterocycles. The van der Waals surface area contributed by atoms with Gasteiger partial charge in [-0.2, -0.15) is 0 Å². The number of para-hydroxylation sites is 1. The van der Waals surface area contributed by atoms with E-state index in [-0.39, 0.29) is 24.3 Å². The minimum atomic E-state index is -0.183. The van der Waals surface area contributed by atoms with Crippen LogP contribution in [0.1, 0.15) is 41.1 Å². The molecule has 3 rings (SSSR count). The molecule has 0 spiro atoms. The molecule has 0 radical (unpaired) electrons. The molecule has 0 fully saturated rings. The standard InChI is InChI=1S/C27H32N2O3S/c1-4-21(2)17-29(27(31)24-14-8-9-15-25(24)32-3)20-26(30)28(19-23-13-10-16-33-23)18-22-11-6-5-7-12-22/h5-16,21H,4,17-20H2,1-3H3. The minimum absolute atomic E-state index is 0.0272. The van der Waals surface area contributed by atoms with Gasteiger partial charge in [0.15, 0.2) is 0 Å². The van der Waals surface area contributed by atoms with E-state index in [1.54, 1.807) is 35.5 Å². The van der Waals surface area contributed by atoms with Crippen molar-refractivity contribution in [3.63, 3.8) is 0 Å². The minimum Gasteiger partial charge on any atom is -0.496 e. The molecule has 0 saturated heterocycles. The normalized spacial score (nSPS) is 11.6. The quantitative estimate of drug-likeness (QED) is 0.378. The number of nitrogens with zero attached hydrogens (tertiary/aromatic N) is 2. The molecule has 6 heteroatoms. The van der Waals surface area contributed by atoms with Crippen molar-refractivity contribution in [3.05, 3.63) is 88.1 Å². The molecule has 5 nitrogen and oxygen atoms in total. The highest BCUT2D eigenvalue weighted by molar-refractivity contribution is 7.09. The van der Waals surface area contributed by atoms with Gasteiger partial charge in [-0.3, -0.25) is 9.59 Å². The Hall–Kier alpha value is -3.12. The van der Waals surface area contributed by atoms with Gasteiger partial charge in [0.05, 0.1) is 19.2 Å². The fraction of sp³-hybridized carbons (Fsp3) is 0.333. The van der Waals surface area contributed by atoms with Crippen molar-refractivity contribution >= 4 is 23.2 Å². The average molecular weight is 465 g/mol. The topological polar surface area (TPSA) is 49.9 Å². The van der Waals surface area contributed by atoms with Crippen LogP contribution < -0.4 is 4.74 Å². The van der Waals surface area contributed by atoms with Gasteiger partial charge in [0.1, 0.15) is 12.3 Å². The fourth-order valence-corrected chi connectivity index (χ4v) is 4.33. The van der Waals surface area contributed by atoms with Crippen LogP contribution in [0, 0.1) is 5.92 Å². The molecule has 0 saturated carbocycles. The summed E-state index contributed by atoms with van der Waals surface area (Å²) < 4.78 is 5.41. The van der Waals surface area contributed by atoms with Crippen LogP contribution in [0.2, 0.25) is 0 Å². The van der Waals surface area contributed by atoms with Crippen LogP contribution in [0.25, 0.3) is 0 Å². The highest BCUT2D eigenvalue weighted by Crippen LogP contribution is 2.21. The molecule has 0 aliphatic carbocycles. The maximum Gasteiger partial charge on any atom is 0.258 e. The van der Waals surface area contributed by atoms with Gasteiger partial charge in [0.25, 0.3) is 5.91 Å². The number of rotatable bonds is 11. The summed E-state index contributed by atoms with van der Waals surface area (Å²) in [5.41, 5.74) is 1.54. The van der Waals surface area contributed by atoms with Gasteiger partial charge >= 0.3 is 0 Å². The molecule has 33 heavy (non-hydrogen) atoms. The summed E-state index contributed by atoms with van der Waals surface area (Å²) in [5.74, 6) is 0.538. The van der Waals surface area contributed by atoms with Crippen LogP contribution in [0.3, 0.4) is 0 Å². The smallest absolute Gasteiger partial charge is 0.258 e. The molecule has 0 N–H and O–H groups in total. The lowest BCUT2D eigenvalue weighted by Crippen LogP contribution is -2.44. The van der Waals surface area contributed by atoms with E-state index in [2.05, 4.69) is 13.8 Å². The van der Waals surface area contributed by atoms with Crippen molar-refractivity contribution in [2.24, 2.45) is 5.92 Å². The molecule has 1 atom stereocenters. The molecule has 0 bridgehead atoms. The number of ether oxygens (including phenoxy) is 1. The van der Waals surface area contributed by atoms with E-state index in [0.717, 1.165) is 16.9 Å². The van der Waals surface area contributed by atoms with Crippen molar-refractivity contribution in [1.82, 2.24) is 9.80 Å². The predicted octanol–water partition coefficient (Wildman–Crippen LogP) is 5.47. The Bertz CT molecular complexity index is 1020. The first kappa shape index (κ1) is 24.5. The van der Waals surface area contributed by atoms with E-state index in [0.29, 0.717) is 30.9 Å². The fourth-order valence-electron chi connectivity index (χ4n) is 3.61. The van der Waals surface area contributed by atoms with Crippen LogP contribution in [-0.2, 0) is 17.9 Å². The number of carbonyl (C=O) groups excluding carboxylic acids is 2. The van der Waals surface area contributed by atoms with E-state index in [4.69, 9.17) is 4.74 Å². The highest BCUT2D eigenvalue weighted by Gasteiger charge is 2.25. The summed E-state index contributed by atoms with van der Waals surface area (Å²) in [6.45, 7) is 5.75. The first-order chi connectivity index (χ1) is 16.0. The van der Waals surface area contributed by atoms with E-state index in [9.17, 15) is 9.59 Å². The lowest BCUT2D eigenvalue weighted by atomic mass is 10.1. The Morgan fingerprint density at radius 2 is 1.67 bits per heavy atom. The Labute approximate surface area is 200 Å². The number of hydrogen-bond donors (Lipinski definition) is 0. The van der Waals surface area contributed by atoms with Crippen LogP contribution in [0.15, 0.2) is 72.1 Å². The van der Waals surface area contributed by atoms with Gasteiger partial charge in [-0.25, -0.2) is 0 Å². The third-order valence-electron chi connectivity index (χ3n) is 5.68. The van der Waals surface area contributed by atoms with E-state index in [1.165, 1.54) is 0 Å².